The third-order valence-corrected chi connectivity index (χ3v) is 7.61. The molecule has 1 fully saturated rings. The van der Waals surface area contributed by atoms with Crippen molar-refractivity contribution in [1.29, 1.82) is 0 Å². The summed E-state index contributed by atoms with van der Waals surface area (Å²) < 4.78 is 42.4. The molecule has 1 N–H and O–H groups in total. The van der Waals surface area contributed by atoms with Gasteiger partial charge in [-0.3, -0.25) is 4.68 Å². The largest absolute Gasteiger partial charge is 0.494 e. The van der Waals surface area contributed by atoms with Crippen LogP contribution in [0.4, 0.5) is 25.2 Å². The number of rotatable bonds is 9. The highest BCUT2D eigenvalue weighted by atomic mass is 19.1. The van der Waals surface area contributed by atoms with Crippen molar-refractivity contribution < 1.29 is 23.0 Å². The topological polar surface area (TPSA) is 120 Å². The lowest BCUT2D eigenvalue weighted by Gasteiger charge is -2.40. The SMILES string of the molecule is CCOc1cc(F)c(Cn2nc(-c3ncc(CC4CN(C(=O)OC(C)(C)C)C4)c(Nc4ccnc(C)n4)n3)c3ccccc32)c(F)c1. The fourth-order valence-corrected chi connectivity index (χ4v) is 5.45. The van der Waals surface area contributed by atoms with Crippen molar-refractivity contribution in [3.05, 3.63) is 83.4 Å². The highest BCUT2D eigenvalue weighted by molar-refractivity contribution is 5.92. The first kappa shape index (κ1) is 31.8. The van der Waals surface area contributed by atoms with Crippen LogP contribution in [-0.2, 0) is 17.7 Å². The average molecular weight is 643 g/mol. The van der Waals surface area contributed by atoms with E-state index in [9.17, 15) is 4.79 Å². The molecule has 5 aromatic rings. The lowest BCUT2D eigenvalue weighted by Crippen LogP contribution is -2.52. The number of hydrogen-bond donors (Lipinski definition) is 1. The summed E-state index contributed by atoms with van der Waals surface area (Å²) in [7, 11) is 0. The summed E-state index contributed by atoms with van der Waals surface area (Å²) in [5, 5.41) is 8.79. The lowest BCUT2D eigenvalue weighted by atomic mass is 9.93. The van der Waals surface area contributed by atoms with Crippen molar-refractivity contribution in [3.8, 4) is 17.3 Å². The molecule has 3 aromatic heterocycles. The van der Waals surface area contributed by atoms with Crippen molar-refractivity contribution in [2.75, 3.05) is 25.0 Å². The Labute approximate surface area is 271 Å². The van der Waals surface area contributed by atoms with E-state index in [1.54, 1.807) is 41.9 Å². The van der Waals surface area contributed by atoms with E-state index in [-0.39, 0.29) is 29.9 Å². The number of hydrogen-bond acceptors (Lipinski definition) is 9. The average Bonchev–Trinajstić information content (AvgIpc) is 3.35. The van der Waals surface area contributed by atoms with Crippen LogP contribution in [-0.4, -0.2) is 66.0 Å². The van der Waals surface area contributed by atoms with E-state index in [4.69, 9.17) is 24.5 Å². The van der Waals surface area contributed by atoms with Gasteiger partial charge in [0.15, 0.2) is 5.82 Å². The van der Waals surface area contributed by atoms with Crippen LogP contribution in [0.2, 0.25) is 0 Å². The van der Waals surface area contributed by atoms with Crippen LogP contribution >= 0.6 is 0 Å². The van der Waals surface area contributed by atoms with Gasteiger partial charge in [-0.15, -0.1) is 0 Å². The van der Waals surface area contributed by atoms with Gasteiger partial charge in [0, 0.05) is 54.1 Å². The molecule has 0 aliphatic carbocycles. The number of anilines is 2. The van der Waals surface area contributed by atoms with Crippen LogP contribution in [0.1, 0.15) is 44.6 Å². The molecule has 0 saturated carbocycles. The maximum atomic E-state index is 15.0. The number of aromatic nitrogens is 6. The van der Waals surface area contributed by atoms with E-state index in [2.05, 4.69) is 15.3 Å². The van der Waals surface area contributed by atoms with Crippen molar-refractivity contribution >= 4 is 28.6 Å². The van der Waals surface area contributed by atoms with E-state index < -0.39 is 17.2 Å². The quantitative estimate of drug-likeness (QED) is 0.193. The minimum absolute atomic E-state index is 0.129. The zero-order valence-corrected chi connectivity index (χ0v) is 26.9. The first-order chi connectivity index (χ1) is 22.5. The predicted octanol–water partition coefficient (Wildman–Crippen LogP) is 6.47. The number of carbonyl (C=O) groups is 1. The molecule has 13 heteroatoms. The van der Waals surface area contributed by atoms with Gasteiger partial charge in [0.25, 0.3) is 0 Å². The van der Waals surface area contributed by atoms with E-state index in [0.29, 0.717) is 60.6 Å². The van der Waals surface area contributed by atoms with Gasteiger partial charge in [-0.05, 0) is 59.1 Å². The molecule has 1 aliphatic rings. The van der Waals surface area contributed by atoms with E-state index in [1.165, 1.54) is 12.1 Å². The van der Waals surface area contributed by atoms with Crippen LogP contribution in [0.25, 0.3) is 22.4 Å². The van der Waals surface area contributed by atoms with Crippen LogP contribution < -0.4 is 10.1 Å². The zero-order valence-electron chi connectivity index (χ0n) is 26.9. The van der Waals surface area contributed by atoms with E-state index in [0.717, 1.165) is 10.9 Å². The first-order valence-electron chi connectivity index (χ1n) is 15.4. The molecule has 2 aromatic carbocycles. The summed E-state index contributed by atoms with van der Waals surface area (Å²) in [5.41, 5.74) is 1.26. The second kappa shape index (κ2) is 12.9. The summed E-state index contributed by atoms with van der Waals surface area (Å²) in [6, 6.07) is 11.5. The van der Waals surface area contributed by atoms with Crippen molar-refractivity contribution in [3.63, 3.8) is 0 Å². The highest BCUT2D eigenvalue weighted by Crippen LogP contribution is 2.31. The van der Waals surface area contributed by atoms with Crippen LogP contribution in [0.3, 0.4) is 0 Å². The number of nitrogens with one attached hydrogen (secondary N) is 1. The van der Waals surface area contributed by atoms with Crippen molar-refractivity contribution in [2.45, 2.75) is 53.2 Å². The van der Waals surface area contributed by atoms with E-state index >= 15 is 8.78 Å². The monoisotopic (exact) mass is 642 g/mol. The molecule has 4 heterocycles. The van der Waals surface area contributed by atoms with Gasteiger partial charge in [-0.25, -0.2) is 33.5 Å². The third kappa shape index (κ3) is 7.13. The molecule has 1 amide bonds. The molecule has 47 heavy (non-hydrogen) atoms. The normalized spacial score (nSPS) is 13.5. The Bertz CT molecular complexity index is 1910. The Morgan fingerprint density at radius 1 is 1.06 bits per heavy atom. The van der Waals surface area contributed by atoms with Gasteiger partial charge in [-0.2, -0.15) is 5.10 Å². The number of fused-ring (bicyclic) bond motifs is 1. The highest BCUT2D eigenvalue weighted by Gasteiger charge is 2.34. The molecule has 1 saturated heterocycles. The number of amides is 1. The molecular weight excluding hydrogens is 606 g/mol. The number of halogens is 2. The fourth-order valence-electron chi connectivity index (χ4n) is 5.45. The fraction of sp³-hybridized carbons (Fsp3) is 0.353. The Morgan fingerprint density at radius 2 is 1.81 bits per heavy atom. The number of para-hydroxylation sites is 1. The molecule has 244 valence electrons. The second-order valence-corrected chi connectivity index (χ2v) is 12.5. The molecule has 0 spiro atoms. The molecule has 0 unspecified atom stereocenters. The van der Waals surface area contributed by atoms with Crippen LogP contribution in [0, 0.1) is 24.5 Å². The number of likely N-dealkylation sites (tertiary alicyclic amines) is 1. The molecule has 0 atom stereocenters. The molecule has 1 aliphatic heterocycles. The summed E-state index contributed by atoms with van der Waals surface area (Å²) in [6.45, 7) is 10.3. The van der Waals surface area contributed by atoms with Crippen LogP contribution in [0.15, 0.2) is 54.9 Å². The molecular formula is C34H36F2N8O3. The second-order valence-electron chi connectivity index (χ2n) is 12.5. The number of benzene rings is 2. The Balaban J connectivity index is 1.32. The lowest BCUT2D eigenvalue weighted by molar-refractivity contribution is -0.000871. The van der Waals surface area contributed by atoms with Gasteiger partial charge in [-0.1, -0.05) is 18.2 Å². The van der Waals surface area contributed by atoms with Gasteiger partial charge >= 0.3 is 6.09 Å². The molecule has 11 nitrogen and oxygen atoms in total. The summed E-state index contributed by atoms with van der Waals surface area (Å²) in [4.78, 5) is 32.4. The summed E-state index contributed by atoms with van der Waals surface area (Å²) in [5.74, 6) is 0.888. The number of ether oxygens (including phenoxy) is 2. The number of aryl methyl sites for hydroxylation is 1. The number of carbonyl (C=O) groups excluding carboxylic acids is 1. The predicted molar refractivity (Wildman–Crippen MR) is 172 cm³/mol. The minimum atomic E-state index is -0.719. The molecule has 0 bridgehead atoms. The van der Waals surface area contributed by atoms with Gasteiger partial charge in [0.2, 0.25) is 0 Å². The van der Waals surface area contributed by atoms with E-state index in [1.807, 2.05) is 45.0 Å². The maximum Gasteiger partial charge on any atom is 0.410 e. The van der Waals surface area contributed by atoms with Crippen molar-refractivity contribution in [1.82, 2.24) is 34.6 Å². The standard InChI is InChI=1S/C34H36F2N8O3/c1-6-46-23-14-26(35)25(27(36)15-23)19-44-28-10-8-7-9-24(28)30(42-44)32-38-16-22(31(41-32)40-29-11-12-37-20(2)39-29)13-21-17-43(18-21)33(45)47-34(3,4)5/h7-12,14-16,21H,6,13,17-19H2,1-5H3,(H,37,38,39,40,41). The first-order valence-corrected chi connectivity index (χ1v) is 15.4. The van der Waals surface area contributed by atoms with Gasteiger partial charge in [0.05, 0.1) is 18.7 Å². The minimum Gasteiger partial charge on any atom is -0.494 e. The molecule has 0 radical (unpaired) electrons. The smallest absolute Gasteiger partial charge is 0.410 e. The van der Waals surface area contributed by atoms with Gasteiger partial charge in [0.1, 0.15) is 46.1 Å². The van der Waals surface area contributed by atoms with Crippen LogP contribution in [0.5, 0.6) is 5.75 Å². The Kier molecular flexibility index (Phi) is 8.71. The van der Waals surface area contributed by atoms with Gasteiger partial charge < -0.3 is 19.7 Å². The number of nitrogens with zero attached hydrogens (tertiary/aromatic N) is 7. The summed E-state index contributed by atoms with van der Waals surface area (Å²) >= 11 is 0. The third-order valence-electron chi connectivity index (χ3n) is 7.61. The molecule has 6 rings (SSSR count). The summed E-state index contributed by atoms with van der Waals surface area (Å²) in [6.07, 6.45) is 3.68. The Hall–Kier alpha value is -5.20. The Morgan fingerprint density at radius 3 is 2.51 bits per heavy atom. The van der Waals surface area contributed by atoms with Crippen molar-refractivity contribution in [2.24, 2.45) is 5.92 Å². The zero-order chi connectivity index (χ0) is 33.3. The maximum absolute atomic E-state index is 15.0.